The van der Waals surface area contributed by atoms with E-state index in [1.165, 1.54) is 11.9 Å². The van der Waals surface area contributed by atoms with Crippen molar-refractivity contribution in [1.29, 1.82) is 0 Å². The van der Waals surface area contributed by atoms with E-state index in [4.69, 9.17) is 0 Å². The van der Waals surface area contributed by atoms with E-state index in [0.717, 1.165) is 14.6 Å². The predicted molar refractivity (Wildman–Crippen MR) is 39.6 cm³/mol. The van der Waals surface area contributed by atoms with Crippen LogP contribution in [0.25, 0.3) is 0 Å². The molecule has 1 aromatic carbocycles. The molecule has 1 heterocycles. The van der Waals surface area contributed by atoms with Crippen LogP contribution in [-0.2, 0) is 6.54 Å². The van der Waals surface area contributed by atoms with E-state index >= 15 is 0 Å². The Morgan fingerprint density at radius 2 is 2.20 bits per heavy atom. The van der Waals surface area contributed by atoms with Crippen LogP contribution in [0.2, 0.25) is 0 Å². The summed E-state index contributed by atoms with van der Waals surface area (Å²) in [6, 6.07) is 7.86. The highest BCUT2D eigenvalue weighted by Gasteiger charge is 2.26. The fourth-order valence-corrected chi connectivity index (χ4v) is 1.82. The van der Waals surface area contributed by atoms with Gasteiger partial charge in [-0.1, -0.05) is 18.2 Å². The number of hydrogen-bond donors (Lipinski definition) is 0. The topological polar surface area (TPSA) is 20.1 Å². The van der Waals surface area contributed by atoms with Crippen molar-refractivity contribution in [1.82, 2.24) is 0 Å². The Bertz CT molecular complexity index is 258. The Kier molecular flexibility index (Phi) is 1.24. The first kappa shape index (κ1) is 5.92. The first-order chi connectivity index (χ1) is 4.86. The highest BCUT2D eigenvalue weighted by Crippen LogP contribution is 2.30. The van der Waals surface area contributed by atoms with E-state index in [1.807, 2.05) is 24.3 Å². The molecule has 0 atom stereocenters. The van der Waals surface area contributed by atoms with Crippen LogP contribution in [0, 0.1) is 4.91 Å². The molecule has 0 aromatic heterocycles. The monoisotopic (exact) mass is 152 g/mol. The summed E-state index contributed by atoms with van der Waals surface area (Å²) in [7, 11) is 0. The Morgan fingerprint density at radius 3 is 3.00 bits per heavy atom. The summed E-state index contributed by atoms with van der Waals surface area (Å²) in [4.78, 5) is 11.9. The molecule has 0 amide bonds. The third kappa shape index (κ3) is 0.827. The van der Waals surface area contributed by atoms with E-state index in [0.29, 0.717) is 6.54 Å². The third-order valence-electron chi connectivity index (χ3n) is 1.47. The Morgan fingerprint density at radius 1 is 1.40 bits per heavy atom. The van der Waals surface area contributed by atoms with Gasteiger partial charge >= 0.3 is 0 Å². The number of rotatable bonds is 0. The smallest absolute Gasteiger partial charge is 0.0617 e. The van der Waals surface area contributed by atoms with Gasteiger partial charge in [-0.25, -0.2) is 0 Å². The molecular formula is C7H6NOS+. The van der Waals surface area contributed by atoms with Crippen LogP contribution >= 0.6 is 11.9 Å². The zero-order valence-electron chi connectivity index (χ0n) is 5.28. The molecule has 3 heteroatoms. The summed E-state index contributed by atoms with van der Waals surface area (Å²) in [6.07, 6.45) is 0. The largest absolute Gasteiger partial charge is 0.251 e. The maximum atomic E-state index is 10.8. The van der Waals surface area contributed by atoms with Crippen LogP contribution in [0.5, 0.6) is 0 Å². The number of nitrogens with zero attached hydrogens (tertiary/aromatic N) is 1. The molecule has 10 heavy (non-hydrogen) atoms. The molecule has 1 aliphatic rings. The average Bonchev–Trinajstić information content (AvgIpc) is 2.27. The van der Waals surface area contributed by atoms with E-state index in [1.54, 1.807) is 0 Å². The van der Waals surface area contributed by atoms with Crippen molar-refractivity contribution >= 4 is 11.9 Å². The Labute approximate surface area is 63.0 Å². The zero-order chi connectivity index (χ0) is 6.97. The number of benzene rings is 1. The molecule has 0 bridgehead atoms. The van der Waals surface area contributed by atoms with Gasteiger partial charge in [0, 0.05) is 10.5 Å². The molecule has 2 nitrogen and oxygen atoms in total. The molecule has 0 N–H and O–H groups in total. The van der Waals surface area contributed by atoms with Gasteiger partial charge in [0.1, 0.15) is 0 Å². The molecule has 2 rings (SSSR count). The van der Waals surface area contributed by atoms with Gasteiger partial charge in [-0.05, 0) is 6.07 Å². The number of hydrogen-bond acceptors (Lipinski definition) is 2. The summed E-state index contributed by atoms with van der Waals surface area (Å²) < 4.78 is 0.991. The molecule has 0 aliphatic carbocycles. The normalized spacial score (nSPS) is 15.4. The second-order valence-electron chi connectivity index (χ2n) is 2.19. The Hall–Kier alpha value is -0.830. The fourth-order valence-electron chi connectivity index (χ4n) is 1.00. The zero-order valence-corrected chi connectivity index (χ0v) is 6.10. The van der Waals surface area contributed by atoms with Crippen LogP contribution in [0.15, 0.2) is 29.2 Å². The molecular weight excluding hydrogens is 146 g/mol. The van der Waals surface area contributed by atoms with Crippen LogP contribution in [0.3, 0.4) is 0 Å². The minimum Gasteiger partial charge on any atom is -0.0617 e. The van der Waals surface area contributed by atoms with Gasteiger partial charge in [0.15, 0.2) is 0 Å². The maximum absolute atomic E-state index is 10.8. The quantitative estimate of drug-likeness (QED) is 0.418. The van der Waals surface area contributed by atoms with Crippen molar-refractivity contribution < 1.29 is 4.17 Å². The summed E-state index contributed by atoms with van der Waals surface area (Å²) in [6.45, 7) is 0.529. The molecule has 50 valence electrons. The van der Waals surface area contributed by atoms with Crippen molar-refractivity contribution in [2.45, 2.75) is 11.4 Å². The molecule has 1 aliphatic heterocycles. The lowest BCUT2D eigenvalue weighted by atomic mass is 10.2. The minimum absolute atomic E-state index is 0.529. The van der Waals surface area contributed by atoms with Gasteiger partial charge in [0.2, 0.25) is 6.54 Å². The molecule has 0 saturated heterocycles. The van der Waals surface area contributed by atoms with Crippen molar-refractivity contribution in [3.63, 3.8) is 0 Å². The number of nitroso groups, excluding NO2 is 1. The van der Waals surface area contributed by atoms with Crippen molar-refractivity contribution in [2.24, 2.45) is 0 Å². The molecule has 0 spiro atoms. The second-order valence-corrected chi connectivity index (χ2v) is 3.22. The van der Waals surface area contributed by atoms with E-state index < -0.39 is 0 Å². The second kappa shape index (κ2) is 2.09. The SMILES string of the molecule is O=[N+]1Cc2ccccc2S1. The van der Waals surface area contributed by atoms with Crippen molar-refractivity contribution in [3.8, 4) is 0 Å². The molecule has 0 radical (unpaired) electrons. The van der Waals surface area contributed by atoms with E-state index in [9.17, 15) is 4.91 Å². The molecule has 0 fully saturated rings. The summed E-state index contributed by atoms with van der Waals surface area (Å²) in [5.41, 5.74) is 1.14. The van der Waals surface area contributed by atoms with Crippen LogP contribution in [0.4, 0.5) is 0 Å². The predicted octanol–water partition coefficient (Wildman–Crippen LogP) is 1.99. The molecule has 1 aromatic rings. The first-order valence-corrected chi connectivity index (χ1v) is 3.84. The third-order valence-corrected chi connectivity index (χ3v) is 2.40. The van der Waals surface area contributed by atoms with Gasteiger partial charge in [-0.2, -0.15) is 0 Å². The lowest BCUT2D eigenvalue weighted by molar-refractivity contribution is -0.383. The van der Waals surface area contributed by atoms with Crippen molar-refractivity contribution in [2.75, 3.05) is 0 Å². The molecule has 0 saturated carbocycles. The highest BCUT2D eigenvalue weighted by atomic mass is 32.2. The van der Waals surface area contributed by atoms with Crippen LogP contribution < -0.4 is 0 Å². The lowest BCUT2D eigenvalue weighted by Gasteiger charge is -1.84. The number of fused-ring (bicyclic) bond motifs is 1. The van der Waals surface area contributed by atoms with Crippen molar-refractivity contribution in [3.05, 3.63) is 34.7 Å². The average molecular weight is 152 g/mol. The first-order valence-electron chi connectivity index (χ1n) is 3.07. The van der Waals surface area contributed by atoms with Gasteiger partial charge in [-0.3, -0.25) is 0 Å². The van der Waals surface area contributed by atoms with Gasteiger partial charge in [0.25, 0.3) is 11.9 Å². The Balaban J connectivity index is 2.51. The molecule has 0 unspecified atom stereocenters. The summed E-state index contributed by atoms with van der Waals surface area (Å²) in [5, 5.41) is 0. The summed E-state index contributed by atoms with van der Waals surface area (Å²) >= 11 is 1.27. The minimum atomic E-state index is 0.529. The van der Waals surface area contributed by atoms with Gasteiger partial charge < -0.3 is 0 Å². The van der Waals surface area contributed by atoms with Gasteiger partial charge in [-0.15, -0.1) is 0 Å². The van der Waals surface area contributed by atoms with E-state index in [-0.39, 0.29) is 0 Å². The van der Waals surface area contributed by atoms with Crippen LogP contribution in [0.1, 0.15) is 5.56 Å². The standard InChI is InChI=1S/C7H6NOS/c9-8-5-6-3-1-2-4-7(6)10-8/h1-4H,5H2/q+1. The van der Waals surface area contributed by atoms with E-state index in [2.05, 4.69) is 0 Å². The fraction of sp³-hybridized carbons (Fsp3) is 0.143. The summed E-state index contributed by atoms with van der Waals surface area (Å²) in [5.74, 6) is 0. The highest BCUT2D eigenvalue weighted by molar-refractivity contribution is 7.93. The lowest BCUT2D eigenvalue weighted by Crippen LogP contribution is -1.86. The maximum Gasteiger partial charge on any atom is 0.251 e. The van der Waals surface area contributed by atoms with Gasteiger partial charge in [0.05, 0.1) is 9.06 Å². The van der Waals surface area contributed by atoms with Crippen LogP contribution in [-0.4, -0.2) is 4.17 Å².